The summed E-state index contributed by atoms with van der Waals surface area (Å²) in [7, 11) is 1.65. The molecule has 0 fully saturated rings. The van der Waals surface area contributed by atoms with Crippen LogP contribution in [-0.2, 0) is 6.54 Å². The predicted octanol–water partition coefficient (Wildman–Crippen LogP) is 5.15. The maximum Gasteiger partial charge on any atom is 0.224 e. The molecule has 0 saturated carbocycles. The molecule has 1 heterocycles. The third kappa shape index (κ3) is 4.75. The number of hydrogen-bond donors (Lipinski definition) is 2. The van der Waals surface area contributed by atoms with Crippen LogP contribution in [0.2, 0.25) is 10.0 Å². The van der Waals surface area contributed by atoms with Gasteiger partial charge in [-0.2, -0.15) is 4.98 Å². The molecule has 0 saturated heterocycles. The number of rotatable bonds is 6. The lowest BCUT2D eigenvalue weighted by Crippen LogP contribution is -2.05. The number of ether oxygens (including phenoxy) is 1. The standard InChI is InChI=1S/C18H16Cl2N4O/c1-25-14-5-2-12(3-6-14)11-22-18-21-9-8-17(24-18)23-16-7-4-13(19)10-15(16)20/h2-10H,11H2,1H3,(H2,21,22,23,24). The predicted molar refractivity (Wildman–Crippen MR) is 102 cm³/mol. The van der Waals surface area contributed by atoms with Crippen LogP contribution in [0, 0.1) is 0 Å². The highest BCUT2D eigenvalue weighted by Crippen LogP contribution is 2.27. The molecule has 2 N–H and O–H groups in total. The van der Waals surface area contributed by atoms with E-state index in [1.54, 1.807) is 37.6 Å². The average molecular weight is 375 g/mol. The van der Waals surface area contributed by atoms with Crippen LogP contribution in [0.4, 0.5) is 17.5 Å². The van der Waals surface area contributed by atoms with E-state index in [-0.39, 0.29) is 0 Å². The summed E-state index contributed by atoms with van der Waals surface area (Å²) in [4.78, 5) is 8.66. The third-order valence-corrected chi connectivity index (χ3v) is 4.01. The van der Waals surface area contributed by atoms with E-state index in [1.807, 2.05) is 24.3 Å². The minimum Gasteiger partial charge on any atom is -0.497 e. The first-order chi connectivity index (χ1) is 12.1. The van der Waals surface area contributed by atoms with E-state index >= 15 is 0 Å². The summed E-state index contributed by atoms with van der Waals surface area (Å²) in [5.74, 6) is 1.98. The Balaban J connectivity index is 1.66. The Hall–Kier alpha value is -2.50. The first kappa shape index (κ1) is 17.3. The lowest BCUT2D eigenvalue weighted by Gasteiger charge is -2.10. The first-order valence-corrected chi connectivity index (χ1v) is 8.31. The van der Waals surface area contributed by atoms with Gasteiger partial charge in [0.15, 0.2) is 0 Å². The molecule has 0 amide bonds. The molecule has 0 radical (unpaired) electrons. The molecule has 5 nitrogen and oxygen atoms in total. The van der Waals surface area contributed by atoms with E-state index in [1.165, 1.54) is 0 Å². The van der Waals surface area contributed by atoms with E-state index in [9.17, 15) is 0 Å². The van der Waals surface area contributed by atoms with Gasteiger partial charge in [-0.1, -0.05) is 35.3 Å². The van der Waals surface area contributed by atoms with Gasteiger partial charge in [0.05, 0.1) is 17.8 Å². The highest BCUT2D eigenvalue weighted by Gasteiger charge is 2.04. The first-order valence-electron chi connectivity index (χ1n) is 7.56. The lowest BCUT2D eigenvalue weighted by atomic mass is 10.2. The van der Waals surface area contributed by atoms with Crippen molar-refractivity contribution in [3.8, 4) is 5.75 Å². The smallest absolute Gasteiger partial charge is 0.224 e. The van der Waals surface area contributed by atoms with E-state index < -0.39 is 0 Å². The fraction of sp³-hybridized carbons (Fsp3) is 0.111. The SMILES string of the molecule is COc1ccc(CNc2nccc(Nc3ccc(Cl)cc3Cl)n2)cc1. The molecule has 0 bridgehead atoms. The van der Waals surface area contributed by atoms with Gasteiger partial charge in [0.25, 0.3) is 0 Å². The number of aromatic nitrogens is 2. The molecule has 0 aliphatic heterocycles. The fourth-order valence-electron chi connectivity index (χ4n) is 2.17. The quantitative estimate of drug-likeness (QED) is 0.624. The Morgan fingerprint density at radius 2 is 1.84 bits per heavy atom. The second-order valence-electron chi connectivity index (χ2n) is 5.22. The van der Waals surface area contributed by atoms with Gasteiger partial charge < -0.3 is 15.4 Å². The van der Waals surface area contributed by atoms with Gasteiger partial charge >= 0.3 is 0 Å². The number of nitrogens with one attached hydrogen (secondary N) is 2. The van der Waals surface area contributed by atoms with Crippen molar-refractivity contribution in [3.05, 3.63) is 70.3 Å². The second kappa shape index (κ2) is 8.05. The highest BCUT2D eigenvalue weighted by molar-refractivity contribution is 6.36. The summed E-state index contributed by atoms with van der Waals surface area (Å²) in [5, 5.41) is 7.46. The molecule has 128 valence electrons. The van der Waals surface area contributed by atoms with Crippen LogP contribution in [0.5, 0.6) is 5.75 Å². The number of anilines is 3. The summed E-state index contributed by atoms with van der Waals surface area (Å²) >= 11 is 12.1. The van der Waals surface area contributed by atoms with Crippen LogP contribution >= 0.6 is 23.2 Å². The van der Waals surface area contributed by atoms with Crippen molar-refractivity contribution in [2.75, 3.05) is 17.7 Å². The number of nitrogens with zero attached hydrogens (tertiary/aromatic N) is 2. The second-order valence-corrected chi connectivity index (χ2v) is 6.06. The highest BCUT2D eigenvalue weighted by atomic mass is 35.5. The monoisotopic (exact) mass is 374 g/mol. The molecule has 0 unspecified atom stereocenters. The van der Waals surface area contributed by atoms with Crippen molar-refractivity contribution < 1.29 is 4.74 Å². The molecule has 0 aliphatic carbocycles. The summed E-state index contributed by atoms with van der Waals surface area (Å²) in [6.45, 7) is 0.606. The number of halogens is 2. The zero-order chi connectivity index (χ0) is 17.6. The van der Waals surface area contributed by atoms with Crippen molar-refractivity contribution in [2.45, 2.75) is 6.54 Å². The zero-order valence-electron chi connectivity index (χ0n) is 13.5. The Morgan fingerprint density at radius 1 is 1.04 bits per heavy atom. The molecule has 25 heavy (non-hydrogen) atoms. The van der Waals surface area contributed by atoms with Crippen LogP contribution < -0.4 is 15.4 Å². The van der Waals surface area contributed by atoms with Crippen LogP contribution in [-0.4, -0.2) is 17.1 Å². The number of benzene rings is 2. The van der Waals surface area contributed by atoms with E-state index in [0.717, 1.165) is 17.0 Å². The average Bonchev–Trinajstić information content (AvgIpc) is 2.63. The van der Waals surface area contributed by atoms with Gasteiger partial charge in [0.2, 0.25) is 5.95 Å². The third-order valence-electron chi connectivity index (χ3n) is 3.46. The Morgan fingerprint density at radius 3 is 2.56 bits per heavy atom. The molecular formula is C18H16Cl2N4O. The topological polar surface area (TPSA) is 59.1 Å². The van der Waals surface area contributed by atoms with Crippen LogP contribution in [0.3, 0.4) is 0 Å². The van der Waals surface area contributed by atoms with Crippen molar-refractivity contribution >= 4 is 40.7 Å². The van der Waals surface area contributed by atoms with Gasteiger partial charge in [-0.3, -0.25) is 0 Å². The van der Waals surface area contributed by atoms with Crippen molar-refractivity contribution in [1.29, 1.82) is 0 Å². The molecule has 2 aromatic carbocycles. The maximum atomic E-state index is 6.17. The van der Waals surface area contributed by atoms with Gasteiger partial charge in [-0.25, -0.2) is 4.98 Å². The van der Waals surface area contributed by atoms with Crippen molar-refractivity contribution in [3.63, 3.8) is 0 Å². The minimum atomic E-state index is 0.519. The lowest BCUT2D eigenvalue weighted by molar-refractivity contribution is 0.414. The Bertz CT molecular complexity index is 856. The zero-order valence-corrected chi connectivity index (χ0v) is 15.0. The van der Waals surface area contributed by atoms with Crippen LogP contribution in [0.1, 0.15) is 5.56 Å². The summed E-state index contributed by atoms with van der Waals surface area (Å²) in [6.07, 6.45) is 1.68. The number of methoxy groups -OCH3 is 1. The van der Waals surface area contributed by atoms with Crippen molar-refractivity contribution in [1.82, 2.24) is 9.97 Å². The molecular weight excluding hydrogens is 359 g/mol. The van der Waals surface area contributed by atoms with Gasteiger partial charge in [-0.15, -0.1) is 0 Å². The van der Waals surface area contributed by atoms with Crippen LogP contribution in [0.15, 0.2) is 54.7 Å². The Labute approximate surface area is 156 Å². The molecule has 3 rings (SSSR count). The summed E-state index contributed by atoms with van der Waals surface area (Å²) in [6, 6.07) is 14.8. The van der Waals surface area contributed by atoms with E-state index in [4.69, 9.17) is 27.9 Å². The van der Waals surface area contributed by atoms with E-state index in [2.05, 4.69) is 20.6 Å². The summed E-state index contributed by atoms with van der Waals surface area (Å²) in [5.41, 5.74) is 1.83. The van der Waals surface area contributed by atoms with Gasteiger partial charge in [0, 0.05) is 17.8 Å². The molecule has 7 heteroatoms. The largest absolute Gasteiger partial charge is 0.497 e. The minimum absolute atomic E-state index is 0.519. The Kier molecular flexibility index (Phi) is 5.58. The normalized spacial score (nSPS) is 10.4. The molecule has 0 aliphatic rings. The summed E-state index contributed by atoms with van der Waals surface area (Å²) < 4.78 is 5.15. The van der Waals surface area contributed by atoms with E-state index in [0.29, 0.717) is 28.4 Å². The number of hydrogen-bond acceptors (Lipinski definition) is 5. The van der Waals surface area contributed by atoms with Gasteiger partial charge in [-0.05, 0) is 42.0 Å². The van der Waals surface area contributed by atoms with Crippen molar-refractivity contribution in [2.24, 2.45) is 0 Å². The molecule has 1 aromatic heterocycles. The molecule has 0 spiro atoms. The fourth-order valence-corrected chi connectivity index (χ4v) is 2.62. The molecule has 3 aromatic rings. The van der Waals surface area contributed by atoms with Gasteiger partial charge in [0.1, 0.15) is 11.6 Å². The van der Waals surface area contributed by atoms with Crippen LogP contribution in [0.25, 0.3) is 0 Å². The maximum absolute atomic E-state index is 6.17. The molecule has 0 atom stereocenters.